The third-order valence-electron chi connectivity index (χ3n) is 5.96. The molecule has 10 nitrogen and oxygen atoms in total. The highest BCUT2D eigenvalue weighted by atomic mass is 19.3. The first kappa shape index (κ1) is 26.9. The van der Waals surface area contributed by atoms with E-state index < -0.39 is 12.2 Å². The quantitative estimate of drug-likeness (QED) is 0.234. The topological polar surface area (TPSA) is 143 Å². The number of rotatable bonds is 10. The van der Waals surface area contributed by atoms with E-state index in [9.17, 15) is 13.6 Å². The van der Waals surface area contributed by atoms with Crippen LogP contribution in [0.3, 0.4) is 0 Å². The molecule has 0 radical (unpaired) electrons. The van der Waals surface area contributed by atoms with E-state index in [0.29, 0.717) is 29.0 Å². The normalized spacial score (nSPS) is 14.2. The van der Waals surface area contributed by atoms with Gasteiger partial charge in [-0.1, -0.05) is 0 Å². The van der Waals surface area contributed by atoms with Crippen LogP contribution in [0.1, 0.15) is 48.8 Å². The number of alkyl halides is 2. The summed E-state index contributed by atoms with van der Waals surface area (Å²) in [4.78, 5) is 26.7. The number of likely N-dealkylation sites (tertiary alicyclic amines) is 1. The van der Waals surface area contributed by atoms with Gasteiger partial charge in [-0.05, 0) is 51.9 Å². The monoisotopic (exact) mass is 524 g/mol. The van der Waals surface area contributed by atoms with Crippen LogP contribution in [0.4, 0.5) is 14.5 Å². The summed E-state index contributed by atoms with van der Waals surface area (Å²) in [6.07, 6.45) is 3.70. The number of carbonyl (C=O) groups excluding carboxylic acids is 1. The van der Waals surface area contributed by atoms with E-state index in [0.717, 1.165) is 26.1 Å². The highest BCUT2D eigenvalue weighted by molar-refractivity contribution is 6.14. The molecule has 1 aromatic carbocycles. The number of aromatic nitrogens is 3. The smallest absolute Gasteiger partial charge is 0.387 e. The molecule has 0 bridgehead atoms. The van der Waals surface area contributed by atoms with Gasteiger partial charge in [0.05, 0.1) is 29.5 Å². The Balaban J connectivity index is 1.56. The molecule has 1 aliphatic heterocycles. The fourth-order valence-electron chi connectivity index (χ4n) is 4.15. The standard InChI is InChI=1S/C26H30F2N8O2/c1-26(2,3)35-24(37)18-11-32-23-22(18)34-20(12-33-23)21(30)17-9-16(38-25(27)28)5-6-19(17)31-7-4-8-36-13-15(10-29)14-36/h5-6,9,11-12,15,25,30-31H,4,7-8,13-14H2,1-3H3,(H,32,33)(H,35,37). The maximum Gasteiger partial charge on any atom is 0.387 e. The minimum absolute atomic E-state index is 0.0652. The zero-order valence-corrected chi connectivity index (χ0v) is 21.4. The minimum atomic E-state index is -3.01. The number of benzene rings is 1. The van der Waals surface area contributed by atoms with Gasteiger partial charge in [0.2, 0.25) is 0 Å². The van der Waals surface area contributed by atoms with Gasteiger partial charge < -0.3 is 25.3 Å². The Morgan fingerprint density at radius 2 is 2.11 bits per heavy atom. The van der Waals surface area contributed by atoms with Crippen LogP contribution in [0, 0.1) is 22.7 Å². The van der Waals surface area contributed by atoms with Crippen molar-refractivity contribution in [3.8, 4) is 11.8 Å². The van der Waals surface area contributed by atoms with Gasteiger partial charge in [0, 0.05) is 42.6 Å². The number of anilines is 1. The average Bonchev–Trinajstić information content (AvgIpc) is 3.25. The molecule has 12 heteroatoms. The number of hydrogen-bond donors (Lipinski definition) is 4. The van der Waals surface area contributed by atoms with Crippen LogP contribution in [-0.2, 0) is 0 Å². The molecule has 2 aromatic heterocycles. The SMILES string of the molecule is CC(C)(C)NC(=O)c1c[nH]c2ncc(C(=N)c3cc(OC(F)F)ccc3NCCCN3CC(C#N)C3)nc12. The molecule has 4 N–H and O–H groups in total. The number of nitrogens with one attached hydrogen (secondary N) is 4. The molecule has 1 fully saturated rings. The summed E-state index contributed by atoms with van der Waals surface area (Å²) in [7, 11) is 0. The molecular formula is C26H30F2N8O2. The van der Waals surface area contributed by atoms with E-state index in [1.54, 1.807) is 6.07 Å². The van der Waals surface area contributed by atoms with Crippen molar-refractivity contribution < 1.29 is 18.3 Å². The third-order valence-corrected chi connectivity index (χ3v) is 5.96. The van der Waals surface area contributed by atoms with Crippen molar-refractivity contribution in [2.45, 2.75) is 39.3 Å². The fraction of sp³-hybridized carbons (Fsp3) is 0.423. The second-order valence-electron chi connectivity index (χ2n) is 10.2. The molecule has 200 valence electrons. The van der Waals surface area contributed by atoms with Gasteiger partial charge in [0.15, 0.2) is 5.65 Å². The molecule has 3 heterocycles. The van der Waals surface area contributed by atoms with Crippen molar-refractivity contribution in [3.05, 3.63) is 47.4 Å². The molecule has 0 unspecified atom stereocenters. The van der Waals surface area contributed by atoms with Gasteiger partial charge in [-0.2, -0.15) is 14.0 Å². The Kier molecular flexibility index (Phi) is 7.87. The summed E-state index contributed by atoms with van der Waals surface area (Å²) in [6.45, 7) is 5.50. The molecule has 4 rings (SSSR count). The average molecular weight is 525 g/mol. The zero-order valence-electron chi connectivity index (χ0n) is 21.4. The van der Waals surface area contributed by atoms with Gasteiger partial charge >= 0.3 is 6.61 Å². The zero-order chi connectivity index (χ0) is 27.4. The van der Waals surface area contributed by atoms with E-state index in [1.807, 2.05) is 20.8 Å². The highest BCUT2D eigenvalue weighted by Crippen LogP contribution is 2.27. The van der Waals surface area contributed by atoms with E-state index in [2.05, 4.69) is 41.3 Å². The minimum Gasteiger partial charge on any atom is -0.435 e. The molecular weight excluding hydrogens is 494 g/mol. The number of hydrogen-bond acceptors (Lipinski definition) is 8. The largest absolute Gasteiger partial charge is 0.435 e. The lowest BCUT2D eigenvalue weighted by Gasteiger charge is -2.35. The molecule has 1 saturated heterocycles. The molecule has 38 heavy (non-hydrogen) atoms. The predicted molar refractivity (Wildman–Crippen MR) is 139 cm³/mol. The van der Waals surface area contributed by atoms with Crippen molar-refractivity contribution in [1.82, 2.24) is 25.2 Å². The molecule has 1 aliphatic rings. The lowest BCUT2D eigenvalue weighted by Crippen LogP contribution is -2.46. The van der Waals surface area contributed by atoms with Crippen LogP contribution in [0.2, 0.25) is 0 Å². The number of nitrogens with zero attached hydrogens (tertiary/aromatic N) is 4. The van der Waals surface area contributed by atoms with Gasteiger partial charge in [0.1, 0.15) is 17.0 Å². The van der Waals surface area contributed by atoms with Crippen molar-refractivity contribution in [1.29, 1.82) is 10.7 Å². The lowest BCUT2D eigenvalue weighted by atomic mass is 10.0. The number of amides is 1. The molecule has 0 atom stereocenters. The summed E-state index contributed by atoms with van der Waals surface area (Å²) < 4.78 is 30.3. The number of fused-ring (bicyclic) bond motifs is 1. The number of nitriles is 1. The number of ether oxygens (including phenoxy) is 1. The maximum atomic E-state index is 12.9. The summed E-state index contributed by atoms with van der Waals surface area (Å²) in [5.74, 6) is -0.329. The van der Waals surface area contributed by atoms with Gasteiger partial charge in [-0.15, -0.1) is 0 Å². The fourth-order valence-corrected chi connectivity index (χ4v) is 4.15. The van der Waals surface area contributed by atoms with Crippen LogP contribution in [0.5, 0.6) is 5.75 Å². The van der Waals surface area contributed by atoms with E-state index in [-0.39, 0.29) is 34.5 Å². The van der Waals surface area contributed by atoms with Crippen LogP contribution in [0.15, 0.2) is 30.6 Å². The highest BCUT2D eigenvalue weighted by Gasteiger charge is 2.25. The van der Waals surface area contributed by atoms with Gasteiger partial charge in [-0.25, -0.2) is 9.97 Å². The molecule has 0 aliphatic carbocycles. The Bertz CT molecular complexity index is 1370. The molecule has 3 aromatic rings. The van der Waals surface area contributed by atoms with Crippen molar-refractivity contribution in [2.75, 3.05) is 31.5 Å². The first-order chi connectivity index (χ1) is 18.0. The Labute approximate surface area is 218 Å². The first-order valence-corrected chi connectivity index (χ1v) is 12.2. The number of halogens is 2. The van der Waals surface area contributed by atoms with E-state index in [4.69, 9.17) is 10.7 Å². The summed E-state index contributed by atoms with van der Waals surface area (Å²) >= 11 is 0. The lowest BCUT2D eigenvalue weighted by molar-refractivity contribution is -0.0498. The van der Waals surface area contributed by atoms with E-state index in [1.165, 1.54) is 24.5 Å². The number of H-pyrrole nitrogens is 1. The predicted octanol–water partition coefficient (Wildman–Crippen LogP) is 3.76. The van der Waals surface area contributed by atoms with Crippen LogP contribution < -0.4 is 15.4 Å². The molecule has 1 amide bonds. The summed E-state index contributed by atoms with van der Waals surface area (Å²) in [5, 5.41) is 23.9. The second-order valence-corrected chi connectivity index (χ2v) is 10.2. The van der Waals surface area contributed by atoms with Crippen LogP contribution >= 0.6 is 0 Å². The van der Waals surface area contributed by atoms with Crippen molar-refractivity contribution in [3.63, 3.8) is 0 Å². The Morgan fingerprint density at radius 1 is 1.34 bits per heavy atom. The Hall–Kier alpha value is -4.11. The molecule has 0 saturated carbocycles. The second kappa shape index (κ2) is 11.1. The van der Waals surface area contributed by atoms with Gasteiger partial charge in [0.25, 0.3) is 5.91 Å². The number of carbonyl (C=O) groups is 1. The van der Waals surface area contributed by atoms with Crippen LogP contribution in [0.25, 0.3) is 11.2 Å². The summed E-state index contributed by atoms with van der Waals surface area (Å²) in [6, 6.07) is 6.61. The summed E-state index contributed by atoms with van der Waals surface area (Å²) in [5.41, 5.74) is 1.48. The first-order valence-electron chi connectivity index (χ1n) is 12.2. The molecule has 0 spiro atoms. The van der Waals surface area contributed by atoms with Crippen molar-refractivity contribution >= 4 is 28.5 Å². The van der Waals surface area contributed by atoms with E-state index >= 15 is 0 Å². The van der Waals surface area contributed by atoms with Crippen molar-refractivity contribution in [2.24, 2.45) is 5.92 Å². The van der Waals surface area contributed by atoms with Gasteiger partial charge in [-0.3, -0.25) is 10.2 Å². The third kappa shape index (κ3) is 6.41. The van der Waals surface area contributed by atoms with Crippen LogP contribution in [-0.4, -0.2) is 69.8 Å². The Morgan fingerprint density at radius 3 is 2.79 bits per heavy atom. The number of aromatic amines is 1. The maximum absolute atomic E-state index is 12.9.